The van der Waals surface area contributed by atoms with Crippen molar-refractivity contribution in [2.75, 3.05) is 11.9 Å². The maximum absolute atomic E-state index is 13.9. The number of hydrogen-bond acceptors (Lipinski definition) is 4. The summed E-state index contributed by atoms with van der Waals surface area (Å²) in [6.45, 7) is 0.225. The molecule has 0 unspecified atom stereocenters. The van der Waals surface area contributed by atoms with Crippen LogP contribution in [0, 0.1) is 11.6 Å². The van der Waals surface area contributed by atoms with Gasteiger partial charge >= 0.3 is 5.97 Å². The van der Waals surface area contributed by atoms with E-state index in [1.165, 1.54) is 6.07 Å². The first kappa shape index (κ1) is 19.8. The van der Waals surface area contributed by atoms with E-state index < -0.39 is 29.2 Å². The number of aliphatic carboxylic acids is 1. The summed E-state index contributed by atoms with van der Waals surface area (Å²) in [6.07, 6.45) is 0.979. The van der Waals surface area contributed by atoms with E-state index in [9.17, 15) is 18.4 Å². The van der Waals surface area contributed by atoms with Crippen LogP contribution in [-0.4, -0.2) is 23.6 Å². The highest BCUT2D eigenvalue weighted by Crippen LogP contribution is 2.38. The quantitative estimate of drug-likeness (QED) is 0.514. The molecule has 0 saturated carbocycles. The van der Waals surface area contributed by atoms with Crippen molar-refractivity contribution in [2.24, 2.45) is 0 Å². The Kier molecular flexibility index (Phi) is 6.20. The average Bonchev–Trinajstić information content (AvgIpc) is 3.03. The summed E-state index contributed by atoms with van der Waals surface area (Å²) in [5.74, 6) is -2.97. The van der Waals surface area contributed by atoms with Crippen molar-refractivity contribution >= 4 is 39.0 Å². The molecule has 5 nitrogen and oxygen atoms in total. The monoisotopic (exact) mass is 405 g/mol. The molecule has 2 aromatic carbocycles. The third kappa shape index (κ3) is 4.45. The lowest BCUT2D eigenvalue weighted by Gasteiger charge is -2.10. The Morgan fingerprint density at radius 2 is 1.75 bits per heavy atom. The van der Waals surface area contributed by atoms with E-state index in [2.05, 4.69) is 5.32 Å². The molecule has 2 N–H and O–H groups in total. The second kappa shape index (κ2) is 8.79. The van der Waals surface area contributed by atoms with Crippen LogP contribution in [0.5, 0.6) is 5.75 Å². The molecule has 0 atom stereocenters. The Morgan fingerprint density at radius 1 is 1.04 bits per heavy atom. The Hall–Kier alpha value is -3.00. The summed E-state index contributed by atoms with van der Waals surface area (Å²) in [7, 11) is 0. The van der Waals surface area contributed by atoms with Gasteiger partial charge in [-0.05, 0) is 37.1 Å². The number of ether oxygens (including phenoxy) is 1. The summed E-state index contributed by atoms with van der Waals surface area (Å²) in [6, 6.07) is 10.5. The van der Waals surface area contributed by atoms with Gasteiger partial charge in [0.15, 0.2) is 5.75 Å². The van der Waals surface area contributed by atoms with Gasteiger partial charge in [-0.25, -0.2) is 8.78 Å². The molecule has 3 rings (SSSR count). The number of fused-ring (bicyclic) bond motifs is 1. The van der Waals surface area contributed by atoms with E-state index in [1.807, 2.05) is 12.1 Å². The number of thiophene rings is 1. The molecule has 0 radical (unpaired) electrons. The van der Waals surface area contributed by atoms with E-state index >= 15 is 0 Å². The molecule has 1 amide bonds. The highest BCUT2D eigenvalue weighted by Gasteiger charge is 2.22. The van der Waals surface area contributed by atoms with Crippen molar-refractivity contribution in [2.45, 2.75) is 19.3 Å². The fourth-order valence-electron chi connectivity index (χ4n) is 2.65. The minimum atomic E-state index is -0.882. The Balaban J connectivity index is 1.83. The van der Waals surface area contributed by atoms with Gasteiger partial charge in [0, 0.05) is 16.5 Å². The van der Waals surface area contributed by atoms with Gasteiger partial charge in [0.05, 0.1) is 6.61 Å². The normalized spacial score (nSPS) is 10.8. The lowest BCUT2D eigenvalue weighted by molar-refractivity contribution is -0.137. The number of amides is 1. The molecule has 0 aliphatic heterocycles. The lowest BCUT2D eigenvalue weighted by Crippen LogP contribution is -2.14. The zero-order valence-electron chi connectivity index (χ0n) is 14.7. The predicted molar refractivity (Wildman–Crippen MR) is 103 cm³/mol. The van der Waals surface area contributed by atoms with Crippen molar-refractivity contribution < 1.29 is 28.2 Å². The molecule has 146 valence electrons. The van der Waals surface area contributed by atoms with Crippen LogP contribution in [0.3, 0.4) is 0 Å². The van der Waals surface area contributed by atoms with Crippen molar-refractivity contribution in [3.8, 4) is 5.75 Å². The smallest absolute Gasteiger partial charge is 0.303 e. The number of benzene rings is 2. The van der Waals surface area contributed by atoms with E-state index in [0.29, 0.717) is 24.0 Å². The standard InChI is InChI=1S/C20H17F2NO4S/c21-13-7-5-8-14(22)17(13)23-20(26)19-18(27-11-4-3-10-16(24)25)12-6-1-2-9-15(12)28-19/h1-2,5-9H,3-4,10-11H2,(H,23,26)(H,24,25). The zero-order valence-corrected chi connectivity index (χ0v) is 15.5. The molecule has 1 aromatic heterocycles. The minimum absolute atomic E-state index is 0.0354. The number of anilines is 1. The van der Waals surface area contributed by atoms with E-state index in [4.69, 9.17) is 9.84 Å². The Bertz CT molecular complexity index is 998. The number of unbranched alkanes of at least 4 members (excludes halogenated alkanes) is 1. The molecular weight excluding hydrogens is 388 g/mol. The van der Waals surface area contributed by atoms with Gasteiger partial charge in [0.25, 0.3) is 5.91 Å². The summed E-state index contributed by atoms with van der Waals surface area (Å²) < 4.78 is 34.3. The van der Waals surface area contributed by atoms with Crippen LogP contribution in [0.15, 0.2) is 42.5 Å². The number of para-hydroxylation sites is 1. The van der Waals surface area contributed by atoms with Crippen molar-refractivity contribution in [1.82, 2.24) is 0 Å². The highest BCUT2D eigenvalue weighted by atomic mass is 32.1. The second-order valence-corrected chi connectivity index (χ2v) is 7.06. The van der Waals surface area contributed by atoms with E-state index in [0.717, 1.165) is 28.2 Å². The van der Waals surface area contributed by atoms with Gasteiger partial charge in [0.1, 0.15) is 22.2 Å². The van der Waals surface area contributed by atoms with Crippen LogP contribution in [0.4, 0.5) is 14.5 Å². The minimum Gasteiger partial charge on any atom is -0.491 e. The van der Waals surface area contributed by atoms with Gasteiger partial charge in [-0.2, -0.15) is 0 Å². The average molecular weight is 405 g/mol. The summed E-state index contributed by atoms with van der Waals surface area (Å²) in [5, 5.41) is 11.7. The first-order valence-electron chi connectivity index (χ1n) is 8.59. The van der Waals surface area contributed by atoms with Crippen LogP contribution in [0.1, 0.15) is 28.9 Å². The molecule has 0 fully saturated rings. The van der Waals surface area contributed by atoms with Crippen molar-refractivity contribution in [1.29, 1.82) is 0 Å². The molecule has 0 saturated heterocycles. The molecule has 8 heteroatoms. The first-order chi connectivity index (χ1) is 13.5. The number of carbonyl (C=O) groups is 2. The fraction of sp³-hybridized carbons (Fsp3) is 0.200. The molecule has 28 heavy (non-hydrogen) atoms. The van der Waals surface area contributed by atoms with Crippen molar-refractivity contribution in [3.63, 3.8) is 0 Å². The third-order valence-corrected chi connectivity index (χ3v) is 5.14. The molecular formula is C20H17F2NO4S. The van der Waals surface area contributed by atoms with Crippen LogP contribution in [-0.2, 0) is 4.79 Å². The fourth-order valence-corrected chi connectivity index (χ4v) is 3.70. The number of carboxylic acid groups (broad SMARTS) is 1. The Labute approximate surface area is 163 Å². The lowest BCUT2D eigenvalue weighted by atomic mass is 10.2. The molecule has 0 bridgehead atoms. The molecule has 0 aliphatic carbocycles. The van der Waals surface area contributed by atoms with Gasteiger partial charge in [-0.15, -0.1) is 11.3 Å². The number of halogens is 2. The summed E-state index contributed by atoms with van der Waals surface area (Å²) in [5.41, 5.74) is -0.516. The number of nitrogens with one attached hydrogen (secondary N) is 1. The number of carboxylic acids is 1. The van der Waals surface area contributed by atoms with Gasteiger partial charge in [0.2, 0.25) is 0 Å². The third-order valence-electron chi connectivity index (χ3n) is 3.99. The van der Waals surface area contributed by atoms with E-state index in [1.54, 1.807) is 12.1 Å². The zero-order chi connectivity index (χ0) is 20.1. The molecule has 0 spiro atoms. The SMILES string of the molecule is O=C(O)CCCCOc1c(C(=O)Nc2c(F)cccc2F)sc2ccccc12. The highest BCUT2D eigenvalue weighted by molar-refractivity contribution is 7.21. The molecule has 1 heterocycles. The summed E-state index contributed by atoms with van der Waals surface area (Å²) in [4.78, 5) is 23.5. The largest absolute Gasteiger partial charge is 0.491 e. The Morgan fingerprint density at radius 3 is 2.46 bits per heavy atom. The number of carbonyl (C=O) groups excluding carboxylic acids is 1. The maximum atomic E-state index is 13.9. The van der Waals surface area contributed by atoms with Gasteiger partial charge in [-0.1, -0.05) is 18.2 Å². The van der Waals surface area contributed by atoms with Gasteiger partial charge < -0.3 is 15.2 Å². The van der Waals surface area contributed by atoms with Crippen LogP contribution in [0.2, 0.25) is 0 Å². The summed E-state index contributed by atoms with van der Waals surface area (Å²) >= 11 is 1.16. The number of hydrogen-bond donors (Lipinski definition) is 2. The van der Waals surface area contributed by atoms with Crippen LogP contribution in [0.25, 0.3) is 10.1 Å². The van der Waals surface area contributed by atoms with Crippen LogP contribution >= 0.6 is 11.3 Å². The van der Waals surface area contributed by atoms with Gasteiger partial charge in [-0.3, -0.25) is 9.59 Å². The molecule has 3 aromatic rings. The second-order valence-electron chi connectivity index (χ2n) is 6.01. The van der Waals surface area contributed by atoms with Crippen LogP contribution < -0.4 is 10.1 Å². The number of rotatable bonds is 8. The molecule has 0 aliphatic rings. The van der Waals surface area contributed by atoms with E-state index in [-0.39, 0.29) is 17.9 Å². The topological polar surface area (TPSA) is 75.6 Å². The maximum Gasteiger partial charge on any atom is 0.303 e. The predicted octanol–water partition coefficient (Wildman–Crippen LogP) is 5.07. The first-order valence-corrected chi connectivity index (χ1v) is 9.40. The van der Waals surface area contributed by atoms with Crippen molar-refractivity contribution in [3.05, 3.63) is 59.0 Å².